The Labute approximate surface area is 194 Å². The Kier molecular flexibility index (Phi) is 6.59. The van der Waals surface area contributed by atoms with Gasteiger partial charge in [0.15, 0.2) is 0 Å². The molecule has 2 N–H and O–H groups in total. The average molecular weight is 440 g/mol. The van der Waals surface area contributed by atoms with Gasteiger partial charge in [-0.2, -0.15) is 0 Å². The summed E-state index contributed by atoms with van der Waals surface area (Å²) in [5.74, 6) is 0.0484. The van der Waals surface area contributed by atoms with Gasteiger partial charge in [-0.25, -0.2) is 0 Å². The summed E-state index contributed by atoms with van der Waals surface area (Å²) in [6.45, 7) is 4.26. The fourth-order valence-corrected chi connectivity index (χ4v) is 4.06. The molecule has 168 valence electrons. The van der Waals surface area contributed by atoms with E-state index in [-0.39, 0.29) is 18.2 Å². The first-order chi connectivity index (χ1) is 15.9. The topological polar surface area (TPSA) is 65.2 Å². The number of amides is 2. The summed E-state index contributed by atoms with van der Waals surface area (Å²) in [5.41, 5.74) is 4.59. The smallest absolute Gasteiger partial charge is 0.251 e. The highest BCUT2D eigenvalue weighted by molar-refractivity contribution is 5.98. The summed E-state index contributed by atoms with van der Waals surface area (Å²) in [4.78, 5) is 31.4. The molecule has 2 amide bonds. The Hall–Kier alpha value is -3.86. The highest BCUT2D eigenvalue weighted by atomic mass is 16.2. The van der Waals surface area contributed by atoms with E-state index in [0.717, 1.165) is 22.0 Å². The van der Waals surface area contributed by atoms with E-state index in [2.05, 4.69) is 24.1 Å². The van der Waals surface area contributed by atoms with Crippen LogP contribution in [0.2, 0.25) is 0 Å². The van der Waals surface area contributed by atoms with Crippen molar-refractivity contribution in [2.45, 2.75) is 32.2 Å². The number of anilines is 1. The lowest BCUT2D eigenvalue weighted by molar-refractivity contribution is -0.136. The van der Waals surface area contributed by atoms with Gasteiger partial charge < -0.3 is 15.2 Å². The van der Waals surface area contributed by atoms with Crippen molar-refractivity contribution in [2.75, 3.05) is 12.4 Å². The lowest BCUT2D eigenvalue weighted by Crippen LogP contribution is -2.39. The first-order valence-electron chi connectivity index (χ1n) is 11.2. The van der Waals surface area contributed by atoms with Crippen molar-refractivity contribution in [3.05, 3.63) is 102 Å². The molecule has 1 aromatic heterocycles. The molecule has 4 aromatic rings. The molecule has 0 saturated carbocycles. The van der Waals surface area contributed by atoms with Crippen molar-refractivity contribution < 1.29 is 9.59 Å². The number of carbonyl (C=O) groups is 2. The predicted octanol–water partition coefficient (Wildman–Crippen LogP) is 5.67. The number of rotatable bonds is 7. The van der Waals surface area contributed by atoms with Crippen LogP contribution in [0.1, 0.15) is 42.5 Å². The zero-order valence-corrected chi connectivity index (χ0v) is 19.2. The molecule has 5 heteroatoms. The minimum Gasteiger partial charge on any atom is -0.361 e. The maximum Gasteiger partial charge on any atom is 0.251 e. The number of hydrogen-bond acceptors (Lipinski definition) is 2. The van der Waals surface area contributed by atoms with Crippen LogP contribution in [-0.2, 0) is 16.0 Å². The maximum absolute atomic E-state index is 13.4. The van der Waals surface area contributed by atoms with Gasteiger partial charge >= 0.3 is 0 Å². The molecule has 33 heavy (non-hydrogen) atoms. The number of nitrogens with one attached hydrogen (secondary N) is 2. The minimum atomic E-state index is -0.742. The number of carbonyl (C=O) groups excluding carboxylic acids is 2. The van der Waals surface area contributed by atoms with E-state index in [1.54, 1.807) is 7.05 Å². The number of para-hydroxylation sites is 1. The number of hydrogen-bond donors (Lipinski definition) is 2. The van der Waals surface area contributed by atoms with Crippen LogP contribution in [0.5, 0.6) is 0 Å². The van der Waals surface area contributed by atoms with Crippen molar-refractivity contribution >= 4 is 28.4 Å². The van der Waals surface area contributed by atoms with Gasteiger partial charge in [-0.05, 0) is 40.8 Å². The second-order valence-corrected chi connectivity index (χ2v) is 8.62. The van der Waals surface area contributed by atoms with Gasteiger partial charge in [-0.1, -0.05) is 74.5 Å². The van der Waals surface area contributed by atoms with E-state index in [0.29, 0.717) is 11.6 Å². The normalized spacial score (nSPS) is 12.0. The zero-order valence-electron chi connectivity index (χ0n) is 19.2. The summed E-state index contributed by atoms with van der Waals surface area (Å²) >= 11 is 0. The van der Waals surface area contributed by atoms with E-state index in [4.69, 9.17) is 0 Å². The number of likely N-dealkylation sites (N-methyl/N-ethyl adjacent to an activating group) is 1. The molecular weight excluding hydrogens is 410 g/mol. The van der Waals surface area contributed by atoms with E-state index in [9.17, 15) is 9.59 Å². The van der Waals surface area contributed by atoms with Gasteiger partial charge in [0.1, 0.15) is 6.04 Å². The van der Waals surface area contributed by atoms with Gasteiger partial charge in [0.2, 0.25) is 5.91 Å². The molecule has 0 aliphatic carbocycles. The number of aromatic nitrogens is 1. The molecule has 0 spiro atoms. The summed E-state index contributed by atoms with van der Waals surface area (Å²) < 4.78 is 0. The van der Waals surface area contributed by atoms with Crippen molar-refractivity contribution in [3.63, 3.8) is 0 Å². The van der Waals surface area contributed by atoms with Crippen molar-refractivity contribution in [3.8, 4) is 0 Å². The van der Waals surface area contributed by atoms with Crippen LogP contribution in [0.25, 0.3) is 10.9 Å². The van der Waals surface area contributed by atoms with Crippen molar-refractivity contribution in [1.82, 2.24) is 9.88 Å². The third kappa shape index (κ3) is 4.98. The third-order valence-corrected chi connectivity index (χ3v) is 6.01. The van der Waals surface area contributed by atoms with Crippen LogP contribution in [0.3, 0.4) is 0 Å². The Morgan fingerprint density at radius 2 is 1.55 bits per heavy atom. The van der Waals surface area contributed by atoms with Gasteiger partial charge in [-0.3, -0.25) is 9.59 Å². The highest BCUT2D eigenvalue weighted by Gasteiger charge is 2.29. The fourth-order valence-electron chi connectivity index (χ4n) is 4.06. The Bertz CT molecular complexity index is 1240. The molecule has 4 rings (SSSR count). The highest BCUT2D eigenvalue weighted by Crippen LogP contribution is 2.25. The molecule has 0 saturated heterocycles. The van der Waals surface area contributed by atoms with Crippen LogP contribution in [-0.4, -0.2) is 28.7 Å². The average Bonchev–Trinajstić information content (AvgIpc) is 3.23. The van der Waals surface area contributed by atoms with E-state index in [1.807, 2.05) is 85.1 Å². The van der Waals surface area contributed by atoms with Crippen LogP contribution < -0.4 is 5.32 Å². The first-order valence-corrected chi connectivity index (χ1v) is 11.2. The molecule has 1 atom stereocenters. The summed E-state index contributed by atoms with van der Waals surface area (Å²) in [6.07, 6.45) is 2.07. The maximum atomic E-state index is 13.4. The lowest BCUT2D eigenvalue weighted by Gasteiger charge is -2.28. The molecule has 3 aromatic carbocycles. The molecular formula is C28H29N3O2. The monoisotopic (exact) mass is 439 g/mol. The molecule has 0 radical (unpaired) electrons. The largest absolute Gasteiger partial charge is 0.361 e. The molecule has 0 unspecified atom stereocenters. The van der Waals surface area contributed by atoms with Crippen molar-refractivity contribution in [1.29, 1.82) is 0 Å². The SMILES string of the molecule is CC(C)c1ccc(NC(=O)[C@H](c2ccccc2)N(C)C(=O)Cc2c[nH]c3ccccc23)cc1. The Morgan fingerprint density at radius 3 is 2.24 bits per heavy atom. The number of benzene rings is 3. The Balaban J connectivity index is 1.57. The predicted molar refractivity (Wildman–Crippen MR) is 133 cm³/mol. The second-order valence-electron chi connectivity index (χ2n) is 8.62. The fraction of sp³-hybridized carbons (Fsp3) is 0.214. The van der Waals surface area contributed by atoms with Gasteiger partial charge in [0.25, 0.3) is 5.91 Å². The molecule has 5 nitrogen and oxygen atoms in total. The summed E-state index contributed by atoms with van der Waals surface area (Å²) in [6, 6.07) is 24.4. The number of nitrogens with zero attached hydrogens (tertiary/aromatic N) is 1. The third-order valence-electron chi connectivity index (χ3n) is 6.01. The van der Waals surface area contributed by atoms with Gasteiger partial charge in [0, 0.05) is 29.8 Å². The van der Waals surface area contributed by atoms with Crippen LogP contribution in [0.15, 0.2) is 85.1 Å². The second kappa shape index (κ2) is 9.74. The molecule has 0 aliphatic rings. The van der Waals surface area contributed by atoms with Crippen molar-refractivity contribution in [2.24, 2.45) is 0 Å². The van der Waals surface area contributed by atoms with E-state index < -0.39 is 6.04 Å². The number of aromatic amines is 1. The van der Waals surface area contributed by atoms with E-state index >= 15 is 0 Å². The van der Waals surface area contributed by atoms with Crippen LogP contribution in [0.4, 0.5) is 5.69 Å². The number of fused-ring (bicyclic) bond motifs is 1. The minimum absolute atomic E-state index is 0.126. The summed E-state index contributed by atoms with van der Waals surface area (Å²) in [7, 11) is 1.69. The quantitative estimate of drug-likeness (QED) is 0.389. The van der Waals surface area contributed by atoms with Gasteiger partial charge in [0.05, 0.1) is 6.42 Å². The summed E-state index contributed by atoms with van der Waals surface area (Å²) in [5, 5.41) is 4.01. The standard InChI is InChI=1S/C28H29N3O2/c1-19(2)20-13-15-23(16-14-20)30-28(33)27(21-9-5-4-6-10-21)31(3)26(32)17-22-18-29-25-12-8-7-11-24(22)25/h4-16,18-19,27,29H,17H2,1-3H3,(H,30,33)/t27-/m0/s1. The Morgan fingerprint density at radius 1 is 0.879 bits per heavy atom. The molecule has 0 aliphatic heterocycles. The lowest BCUT2D eigenvalue weighted by atomic mass is 10.0. The van der Waals surface area contributed by atoms with E-state index in [1.165, 1.54) is 10.5 Å². The van der Waals surface area contributed by atoms with Crippen LogP contribution >= 0.6 is 0 Å². The number of H-pyrrole nitrogens is 1. The molecule has 0 bridgehead atoms. The first kappa shape index (κ1) is 22.3. The van der Waals surface area contributed by atoms with Crippen LogP contribution in [0, 0.1) is 0 Å². The zero-order chi connectivity index (χ0) is 23.4. The van der Waals surface area contributed by atoms with Gasteiger partial charge in [-0.15, -0.1) is 0 Å². The molecule has 1 heterocycles. The molecule has 0 fully saturated rings.